The van der Waals surface area contributed by atoms with Gasteiger partial charge in [0.1, 0.15) is 5.78 Å². The summed E-state index contributed by atoms with van der Waals surface area (Å²) in [5.41, 5.74) is 3.09. The van der Waals surface area contributed by atoms with Gasteiger partial charge < -0.3 is 4.74 Å². The summed E-state index contributed by atoms with van der Waals surface area (Å²) >= 11 is 0. The molecule has 0 aromatic heterocycles. The summed E-state index contributed by atoms with van der Waals surface area (Å²) in [5, 5.41) is 0. The van der Waals surface area contributed by atoms with E-state index in [0.29, 0.717) is 0 Å². The summed E-state index contributed by atoms with van der Waals surface area (Å²) in [6.45, 7) is 10.4. The van der Waals surface area contributed by atoms with Gasteiger partial charge in [-0.25, -0.2) is 0 Å². The number of aryl methyl sites for hydroxylation is 1. The fraction of sp³-hybridized carbons (Fsp3) is 0.579. The maximum atomic E-state index is 12.6. The van der Waals surface area contributed by atoms with Crippen molar-refractivity contribution in [3.63, 3.8) is 0 Å². The standard InChI is InChI=1S/C19H30O3Si/c1-7-23(8-2,9-3)19(15(5)20)17-12-14(4)10-11-16(17)13-18(21)22-6/h10-12,19H,7-9,13H2,1-6H3. The third-order valence-corrected chi connectivity index (χ3v) is 11.5. The smallest absolute Gasteiger partial charge is 0.309 e. The molecule has 1 unspecified atom stereocenters. The van der Waals surface area contributed by atoms with Crippen molar-refractivity contribution >= 4 is 19.8 Å². The molecule has 0 saturated heterocycles. The normalized spacial score (nSPS) is 12.8. The van der Waals surface area contributed by atoms with Gasteiger partial charge in [0.2, 0.25) is 0 Å². The molecule has 128 valence electrons. The second-order valence-electron chi connectivity index (χ2n) is 6.42. The zero-order chi connectivity index (χ0) is 17.6. The Balaban J connectivity index is 3.50. The lowest BCUT2D eigenvalue weighted by molar-refractivity contribution is -0.139. The maximum absolute atomic E-state index is 12.6. The number of hydrogen-bond donors (Lipinski definition) is 0. The summed E-state index contributed by atoms with van der Waals surface area (Å²) in [6, 6.07) is 9.33. The zero-order valence-corrected chi connectivity index (χ0v) is 16.4. The lowest BCUT2D eigenvalue weighted by Crippen LogP contribution is -2.43. The summed E-state index contributed by atoms with van der Waals surface area (Å²) in [6.07, 6.45) is 0.234. The zero-order valence-electron chi connectivity index (χ0n) is 15.4. The largest absolute Gasteiger partial charge is 0.469 e. The van der Waals surface area contributed by atoms with E-state index in [4.69, 9.17) is 4.74 Å². The highest BCUT2D eigenvalue weighted by Gasteiger charge is 2.41. The van der Waals surface area contributed by atoms with E-state index in [1.165, 1.54) is 7.11 Å². The van der Waals surface area contributed by atoms with Crippen molar-refractivity contribution in [3.05, 3.63) is 34.9 Å². The monoisotopic (exact) mass is 334 g/mol. The van der Waals surface area contributed by atoms with Gasteiger partial charge in [-0.3, -0.25) is 9.59 Å². The Morgan fingerprint density at radius 3 is 2.13 bits per heavy atom. The Morgan fingerprint density at radius 2 is 1.70 bits per heavy atom. The highest BCUT2D eigenvalue weighted by Crippen LogP contribution is 2.38. The number of rotatable bonds is 8. The van der Waals surface area contributed by atoms with Gasteiger partial charge in [0.15, 0.2) is 0 Å². The first-order valence-corrected chi connectivity index (χ1v) is 11.2. The van der Waals surface area contributed by atoms with E-state index in [1.807, 2.05) is 19.1 Å². The van der Waals surface area contributed by atoms with Crippen molar-refractivity contribution in [2.75, 3.05) is 7.11 Å². The summed E-state index contributed by atoms with van der Waals surface area (Å²) in [4.78, 5) is 24.4. The Labute approximate surface area is 141 Å². The van der Waals surface area contributed by atoms with Gasteiger partial charge in [0, 0.05) is 5.54 Å². The van der Waals surface area contributed by atoms with Gasteiger partial charge in [-0.05, 0) is 25.0 Å². The Morgan fingerprint density at radius 1 is 1.13 bits per heavy atom. The van der Waals surface area contributed by atoms with Crippen LogP contribution < -0.4 is 0 Å². The van der Waals surface area contributed by atoms with Gasteiger partial charge in [0.05, 0.1) is 21.6 Å². The molecule has 0 radical (unpaired) electrons. The number of Topliss-reactive ketones (excluding diaryl/α,β-unsaturated/α-hetero) is 1. The van der Waals surface area contributed by atoms with Crippen molar-refractivity contribution < 1.29 is 14.3 Å². The number of hydrogen-bond acceptors (Lipinski definition) is 3. The van der Waals surface area contributed by atoms with E-state index in [9.17, 15) is 9.59 Å². The number of ether oxygens (including phenoxy) is 1. The summed E-state index contributed by atoms with van der Waals surface area (Å²) < 4.78 is 4.83. The van der Waals surface area contributed by atoms with E-state index in [2.05, 4.69) is 26.8 Å². The van der Waals surface area contributed by atoms with Gasteiger partial charge in [0.25, 0.3) is 0 Å². The Hall–Kier alpha value is -1.42. The van der Waals surface area contributed by atoms with Gasteiger partial charge in [-0.2, -0.15) is 0 Å². The van der Waals surface area contributed by atoms with E-state index >= 15 is 0 Å². The summed E-state index contributed by atoms with van der Waals surface area (Å²) in [5.74, 6) is -0.0203. The van der Waals surface area contributed by atoms with Crippen LogP contribution in [-0.2, 0) is 20.7 Å². The number of carbonyl (C=O) groups excluding carboxylic acids is 2. The fourth-order valence-corrected chi connectivity index (χ4v) is 8.23. The van der Waals surface area contributed by atoms with Gasteiger partial charge >= 0.3 is 5.97 Å². The molecule has 0 aliphatic carbocycles. The van der Waals surface area contributed by atoms with Crippen molar-refractivity contribution in [2.24, 2.45) is 0 Å². The van der Waals surface area contributed by atoms with Crippen LogP contribution in [0.5, 0.6) is 0 Å². The van der Waals surface area contributed by atoms with Crippen LogP contribution in [0.4, 0.5) is 0 Å². The van der Waals surface area contributed by atoms with Crippen molar-refractivity contribution in [3.8, 4) is 0 Å². The minimum absolute atomic E-state index is 0.0398. The highest BCUT2D eigenvalue weighted by molar-refractivity contribution is 6.83. The molecule has 0 bridgehead atoms. The quantitative estimate of drug-likeness (QED) is 0.522. The van der Waals surface area contributed by atoms with Crippen molar-refractivity contribution in [1.29, 1.82) is 0 Å². The molecule has 1 aromatic rings. The molecule has 4 heteroatoms. The van der Waals surface area contributed by atoms with Gasteiger partial charge in [-0.15, -0.1) is 0 Å². The molecule has 1 atom stereocenters. The summed E-state index contributed by atoms with van der Waals surface area (Å²) in [7, 11) is -0.363. The molecule has 0 aliphatic heterocycles. The fourth-order valence-electron chi connectivity index (χ4n) is 3.71. The van der Waals surface area contributed by atoms with Crippen LogP contribution in [0.15, 0.2) is 18.2 Å². The van der Waals surface area contributed by atoms with Crippen molar-refractivity contribution in [1.82, 2.24) is 0 Å². The van der Waals surface area contributed by atoms with E-state index < -0.39 is 8.07 Å². The van der Waals surface area contributed by atoms with Crippen LogP contribution in [-0.4, -0.2) is 26.9 Å². The molecule has 0 fully saturated rings. The second kappa shape index (κ2) is 8.43. The highest BCUT2D eigenvalue weighted by atomic mass is 28.3. The molecule has 1 aromatic carbocycles. The Bertz CT molecular complexity index is 553. The topological polar surface area (TPSA) is 43.4 Å². The van der Waals surface area contributed by atoms with Crippen LogP contribution in [0, 0.1) is 6.92 Å². The minimum Gasteiger partial charge on any atom is -0.469 e. The Kier molecular flexibility index (Phi) is 7.20. The molecule has 1 rings (SSSR count). The van der Waals surface area contributed by atoms with E-state index in [1.54, 1.807) is 6.92 Å². The first-order valence-electron chi connectivity index (χ1n) is 8.51. The number of esters is 1. The van der Waals surface area contributed by atoms with Crippen LogP contribution in [0.1, 0.15) is 49.9 Å². The molecule has 0 N–H and O–H groups in total. The first kappa shape index (κ1) is 19.6. The molecular weight excluding hydrogens is 304 g/mol. The predicted molar refractivity (Wildman–Crippen MR) is 97.5 cm³/mol. The lowest BCUT2D eigenvalue weighted by atomic mass is 9.97. The molecule has 0 saturated carbocycles. The van der Waals surface area contributed by atoms with E-state index in [-0.39, 0.29) is 23.7 Å². The average molecular weight is 335 g/mol. The number of ketones is 1. The average Bonchev–Trinajstić information content (AvgIpc) is 2.54. The number of benzene rings is 1. The van der Waals surface area contributed by atoms with Crippen molar-refractivity contribution in [2.45, 2.75) is 64.7 Å². The first-order chi connectivity index (χ1) is 10.8. The lowest BCUT2D eigenvalue weighted by Gasteiger charge is -2.37. The number of carbonyl (C=O) groups is 2. The van der Waals surface area contributed by atoms with Gasteiger partial charge in [-0.1, -0.05) is 62.7 Å². The molecule has 23 heavy (non-hydrogen) atoms. The molecule has 3 nitrogen and oxygen atoms in total. The van der Waals surface area contributed by atoms with Crippen LogP contribution >= 0.6 is 0 Å². The molecular formula is C19H30O3Si. The SMILES string of the molecule is CC[Si](CC)(CC)C(C(C)=O)c1cc(C)ccc1CC(=O)OC. The van der Waals surface area contributed by atoms with Crippen LogP contribution in [0.2, 0.25) is 18.1 Å². The maximum Gasteiger partial charge on any atom is 0.309 e. The molecule has 0 aliphatic rings. The third kappa shape index (κ3) is 4.31. The third-order valence-electron chi connectivity index (χ3n) is 5.31. The number of methoxy groups -OCH3 is 1. The molecule has 0 amide bonds. The second-order valence-corrected chi connectivity index (χ2v) is 11.8. The molecule has 0 spiro atoms. The minimum atomic E-state index is -1.77. The van der Waals surface area contributed by atoms with Crippen LogP contribution in [0.3, 0.4) is 0 Å². The van der Waals surface area contributed by atoms with Crippen LogP contribution in [0.25, 0.3) is 0 Å². The predicted octanol–water partition coefficient (Wildman–Crippen LogP) is 4.43. The van der Waals surface area contributed by atoms with E-state index in [0.717, 1.165) is 34.8 Å². The molecule has 0 heterocycles.